The Bertz CT molecular complexity index is 979. The normalized spacial score (nSPS) is 12.5. The summed E-state index contributed by atoms with van der Waals surface area (Å²) in [5.74, 6) is 0. The third-order valence-electron chi connectivity index (χ3n) is 4.28. The highest BCUT2D eigenvalue weighted by Gasteiger charge is 2.73. The van der Waals surface area contributed by atoms with Crippen LogP contribution >= 0.6 is 11.8 Å². The molecular weight excluding hydrogens is 457 g/mol. The topological polar surface area (TPSA) is 72.2 Å². The number of aryl methyl sites for hydroxylation is 1. The molecule has 0 saturated carbocycles. The van der Waals surface area contributed by atoms with Crippen LogP contribution in [0.2, 0.25) is 0 Å². The van der Waals surface area contributed by atoms with E-state index in [2.05, 4.69) is 5.32 Å². The van der Waals surface area contributed by atoms with Crippen LogP contribution in [0.25, 0.3) is 0 Å². The minimum Gasteiger partial charge on any atom is -0.380 e. The van der Waals surface area contributed by atoms with E-state index in [0.29, 0.717) is 23.3 Å². The van der Waals surface area contributed by atoms with Crippen molar-refractivity contribution < 1.29 is 40.5 Å². The zero-order chi connectivity index (χ0) is 23.6. The Labute approximate surface area is 174 Å². The number of nitrogens with one attached hydrogen (secondary N) is 1. The average Bonchev–Trinajstić information content (AvgIpc) is 2.64. The first-order valence-electron chi connectivity index (χ1n) is 8.27. The number of anilines is 1. The van der Waals surface area contributed by atoms with E-state index in [-0.39, 0.29) is 40.2 Å². The van der Waals surface area contributed by atoms with Crippen LogP contribution in [0.5, 0.6) is 0 Å². The summed E-state index contributed by atoms with van der Waals surface area (Å²) in [5, 5.41) is 13.6. The quantitative estimate of drug-likeness (QED) is 0.174. The Morgan fingerprint density at radius 3 is 2.13 bits per heavy atom. The van der Waals surface area contributed by atoms with Gasteiger partial charge < -0.3 is 5.32 Å². The van der Waals surface area contributed by atoms with Crippen LogP contribution in [0.4, 0.5) is 42.1 Å². The Morgan fingerprint density at radius 1 is 1.03 bits per heavy atom. The van der Waals surface area contributed by atoms with Crippen LogP contribution in [0.3, 0.4) is 0 Å². The fourth-order valence-corrected chi connectivity index (χ4v) is 3.32. The van der Waals surface area contributed by atoms with Gasteiger partial charge in [0.2, 0.25) is 0 Å². The molecule has 0 aliphatic rings. The maximum Gasteiger partial charge on any atom is 0.435 e. The first-order chi connectivity index (χ1) is 14.2. The molecule has 0 radical (unpaired) electrons. The zero-order valence-electron chi connectivity index (χ0n) is 15.5. The zero-order valence-corrected chi connectivity index (χ0v) is 16.3. The van der Waals surface area contributed by atoms with Crippen molar-refractivity contribution in [2.45, 2.75) is 36.4 Å². The van der Waals surface area contributed by atoms with Crippen molar-refractivity contribution in [3.05, 3.63) is 63.2 Å². The predicted molar refractivity (Wildman–Crippen MR) is 99.1 cm³/mol. The predicted octanol–water partition coefficient (Wildman–Crippen LogP) is 6.09. The van der Waals surface area contributed by atoms with E-state index in [9.17, 15) is 45.6 Å². The summed E-state index contributed by atoms with van der Waals surface area (Å²) in [5.41, 5.74) is -6.48. The highest BCUT2D eigenvalue weighted by molar-refractivity contribution is 8.12. The molecule has 13 heteroatoms. The summed E-state index contributed by atoms with van der Waals surface area (Å²) < 4.78 is 92.1. The van der Waals surface area contributed by atoms with E-state index in [0.717, 1.165) is 6.07 Å². The molecule has 0 atom stereocenters. The lowest BCUT2D eigenvalue weighted by molar-refractivity contribution is -0.385. The molecule has 168 valence electrons. The van der Waals surface area contributed by atoms with Gasteiger partial charge in [-0.15, -0.1) is 0 Å². The number of benzene rings is 2. The molecule has 0 heterocycles. The molecule has 5 nitrogen and oxygen atoms in total. The minimum atomic E-state index is -6.28. The van der Waals surface area contributed by atoms with E-state index < -0.39 is 28.5 Å². The number of rotatable bonds is 7. The fourth-order valence-electron chi connectivity index (χ4n) is 2.75. The van der Waals surface area contributed by atoms with Gasteiger partial charge in [-0.05, 0) is 30.7 Å². The van der Waals surface area contributed by atoms with Crippen LogP contribution in [-0.4, -0.2) is 22.9 Å². The van der Waals surface area contributed by atoms with Gasteiger partial charge in [0.05, 0.1) is 4.92 Å². The van der Waals surface area contributed by atoms with Crippen LogP contribution in [0.15, 0.2) is 41.3 Å². The molecule has 2 aromatic carbocycles. The largest absolute Gasteiger partial charge is 0.435 e. The summed E-state index contributed by atoms with van der Waals surface area (Å²) in [7, 11) is 0. The van der Waals surface area contributed by atoms with E-state index in [1.54, 1.807) is 0 Å². The fraction of sp³-hybridized carbons (Fsp3) is 0.278. The van der Waals surface area contributed by atoms with E-state index in [4.69, 9.17) is 0 Å². The molecule has 0 aliphatic heterocycles. The average molecular weight is 470 g/mol. The standard InChI is InChI=1S/C18H13F7N2O3S/c1-10-6-11(2-5-14(10)27(29)30)8-26-13-4-3-12(7-15(13)31-9-28)16(19,17(20,21)22)18(23,24)25/h2-7,9,26H,8H2,1H3. The van der Waals surface area contributed by atoms with Gasteiger partial charge in [-0.25, -0.2) is 4.39 Å². The molecule has 0 spiro atoms. The summed E-state index contributed by atoms with van der Waals surface area (Å²) in [6.07, 6.45) is -12.6. The number of nitrogens with zero attached hydrogens (tertiary/aromatic N) is 1. The minimum absolute atomic E-state index is 0.0239. The number of nitro groups is 1. The van der Waals surface area contributed by atoms with Gasteiger partial charge in [0, 0.05) is 34.3 Å². The van der Waals surface area contributed by atoms with E-state index >= 15 is 0 Å². The van der Waals surface area contributed by atoms with Crippen molar-refractivity contribution in [2.24, 2.45) is 0 Å². The van der Waals surface area contributed by atoms with Crippen LogP contribution in [0, 0.1) is 17.0 Å². The molecule has 0 amide bonds. The van der Waals surface area contributed by atoms with Crippen molar-refractivity contribution in [3.63, 3.8) is 0 Å². The lowest BCUT2D eigenvalue weighted by atomic mass is 9.94. The van der Waals surface area contributed by atoms with Crippen molar-refractivity contribution in [3.8, 4) is 0 Å². The van der Waals surface area contributed by atoms with Gasteiger partial charge in [-0.3, -0.25) is 14.9 Å². The molecule has 0 bridgehead atoms. The number of nitro benzene ring substituents is 1. The van der Waals surface area contributed by atoms with Crippen molar-refractivity contribution >= 4 is 28.8 Å². The molecule has 0 fully saturated rings. The Hall–Kier alpha value is -2.83. The maximum absolute atomic E-state index is 14.3. The second-order valence-corrected chi connectivity index (χ2v) is 7.18. The van der Waals surface area contributed by atoms with Crippen molar-refractivity contribution in [1.82, 2.24) is 0 Å². The monoisotopic (exact) mass is 470 g/mol. The van der Waals surface area contributed by atoms with Crippen LogP contribution in [0.1, 0.15) is 16.7 Å². The molecule has 0 aromatic heterocycles. The third-order valence-corrected chi connectivity index (χ3v) is 4.96. The summed E-state index contributed by atoms with van der Waals surface area (Å²) >= 11 is 0.264. The molecule has 0 unspecified atom stereocenters. The van der Waals surface area contributed by atoms with Crippen molar-refractivity contribution in [2.75, 3.05) is 5.32 Å². The second kappa shape index (κ2) is 8.73. The van der Waals surface area contributed by atoms with Gasteiger partial charge in [-0.1, -0.05) is 23.9 Å². The van der Waals surface area contributed by atoms with Gasteiger partial charge in [0.25, 0.3) is 5.69 Å². The molecule has 1 N–H and O–H groups in total. The summed E-state index contributed by atoms with van der Waals surface area (Å²) in [4.78, 5) is 20.7. The highest BCUT2D eigenvalue weighted by atomic mass is 32.2. The lowest BCUT2D eigenvalue weighted by Gasteiger charge is -2.30. The molecule has 2 rings (SSSR count). The molecule has 0 aliphatic carbocycles. The number of thioether (sulfide) groups is 1. The van der Waals surface area contributed by atoms with Gasteiger partial charge in [0.15, 0.2) is 5.62 Å². The van der Waals surface area contributed by atoms with Gasteiger partial charge >= 0.3 is 18.0 Å². The second-order valence-electron chi connectivity index (χ2n) is 6.31. The van der Waals surface area contributed by atoms with Crippen molar-refractivity contribution in [1.29, 1.82) is 0 Å². The summed E-state index contributed by atoms with van der Waals surface area (Å²) in [6, 6.07) is 5.54. The highest BCUT2D eigenvalue weighted by Crippen LogP contribution is 2.53. The first kappa shape index (κ1) is 24.4. The number of carbonyl (C=O) groups excluding carboxylic acids is 1. The van der Waals surface area contributed by atoms with Gasteiger partial charge in [-0.2, -0.15) is 26.3 Å². The summed E-state index contributed by atoms with van der Waals surface area (Å²) in [6.45, 7) is 1.46. The molecule has 31 heavy (non-hydrogen) atoms. The van der Waals surface area contributed by atoms with E-state index in [1.165, 1.54) is 25.1 Å². The smallest absolute Gasteiger partial charge is 0.380 e. The maximum atomic E-state index is 14.3. The number of alkyl halides is 7. The number of halogens is 7. The Balaban J connectivity index is 2.39. The Kier molecular flexibility index (Phi) is 6.88. The molecule has 0 saturated heterocycles. The number of hydrogen-bond donors (Lipinski definition) is 1. The molecular formula is C18H13F7N2O3S. The van der Waals surface area contributed by atoms with Crippen LogP contribution < -0.4 is 5.32 Å². The SMILES string of the molecule is Cc1cc(CNc2ccc(C(F)(C(F)(F)F)C(F)(F)F)cc2SC=O)ccc1[N+](=O)[O-]. The lowest BCUT2D eigenvalue weighted by Crippen LogP contribution is -2.50. The van der Waals surface area contributed by atoms with Crippen LogP contribution in [-0.2, 0) is 17.0 Å². The molecule has 2 aromatic rings. The van der Waals surface area contributed by atoms with Gasteiger partial charge in [0.1, 0.15) is 0 Å². The number of carbonyl (C=O) groups is 1. The first-order valence-corrected chi connectivity index (χ1v) is 9.15. The third kappa shape index (κ3) is 4.92. The van der Waals surface area contributed by atoms with E-state index in [1.807, 2.05) is 0 Å². The number of hydrogen-bond acceptors (Lipinski definition) is 5. The Morgan fingerprint density at radius 2 is 1.65 bits per heavy atom.